The van der Waals surface area contributed by atoms with E-state index in [2.05, 4.69) is 12.6 Å². The number of nitrogens with two attached hydrogens (primary N) is 1. The first-order chi connectivity index (χ1) is 6.72. The van der Waals surface area contributed by atoms with Gasteiger partial charge in [-0.3, -0.25) is 0 Å². The zero-order valence-corrected chi connectivity index (χ0v) is 9.49. The lowest BCUT2D eigenvalue weighted by molar-refractivity contribution is 0.345. The van der Waals surface area contributed by atoms with Crippen LogP contribution in [0.3, 0.4) is 0 Å². The lowest BCUT2D eigenvalue weighted by Crippen LogP contribution is -1.90. The summed E-state index contributed by atoms with van der Waals surface area (Å²) in [5.41, 5.74) is 5.75. The minimum Gasteiger partial charge on any atom is -0.492 e. The maximum Gasteiger partial charge on any atom is 0.137 e. The van der Waals surface area contributed by atoms with E-state index in [0.717, 1.165) is 25.7 Å². The van der Waals surface area contributed by atoms with Crippen molar-refractivity contribution in [3.8, 4) is 5.75 Å². The number of thiophene rings is 1. The lowest BCUT2D eigenvalue weighted by Gasteiger charge is -2.04. The number of rotatable bonds is 2. The van der Waals surface area contributed by atoms with E-state index >= 15 is 0 Å². The van der Waals surface area contributed by atoms with Gasteiger partial charge in [-0.2, -0.15) is 0 Å². The molecule has 1 heterocycles. The number of thiol groups is 1. The van der Waals surface area contributed by atoms with Gasteiger partial charge in [-0.1, -0.05) is 0 Å². The molecule has 0 spiro atoms. The fourth-order valence-electron chi connectivity index (χ4n) is 1.37. The van der Waals surface area contributed by atoms with Gasteiger partial charge in [0.25, 0.3) is 0 Å². The van der Waals surface area contributed by atoms with Crippen molar-refractivity contribution < 1.29 is 4.74 Å². The third kappa shape index (κ3) is 1.55. The maximum absolute atomic E-state index is 5.75. The molecule has 2 rings (SSSR count). The Balaban J connectivity index is 2.68. The summed E-state index contributed by atoms with van der Waals surface area (Å²) in [4.78, 5) is 0.941. The minimum absolute atomic E-state index is 0.665. The van der Waals surface area contributed by atoms with Gasteiger partial charge in [0, 0.05) is 10.3 Å². The van der Waals surface area contributed by atoms with Crippen LogP contribution in [0.1, 0.15) is 6.92 Å². The van der Waals surface area contributed by atoms with Gasteiger partial charge in [0.1, 0.15) is 5.75 Å². The Morgan fingerprint density at radius 3 is 3.00 bits per heavy atom. The van der Waals surface area contributed by atoms with E-state index in [1.807, 2.05) is 25.1 Å². The van der Waals surface area contributed by atoms with Crippen LogP contribution in [0.15, 0.2) is 23.1 Å². The van der Waals surface area contributed by atoms with Gasteiger partial charge in [0.2, 0.25) is 0 Å². The molecular formula is C10H11NOS2. The second-order valence-corrected chi connectivity index (χ2v) is 4.47. The van der Waals surface area contributed by atoms with Crippen LogP contribution >= 0.6 is 24.0 Å². The summed E-state index contributed by atoms with van der Waals surface area (Å²) in [6.07, 6.45) is 0. The highest BCUT2D eigenvalue weighted by Gasteiger charge is 2.08. The van der Waals surface area contributed by atoms with E-state index in [9.17, 15) is 0 Å². The standard InChI is InChI=1S/C10H11NOS2/c1-2-12-7-3-4-8(13)6-5-9(11)14-10(6)7/h3-5,13H,2,11H2,1H3. The summed E-state index contributed by atoms with van der Waals surface area (Å²) < 4.78 is 6.59. The SMILES string of the molecule is CCOc1ccc(S)c2cc(N)sc12. The van der Waals surface area contributed by atoms with Gasteiger partial charge in [-0.05, 0) is 25.1 Å². The Kier molecular flexibility index (Phi) is 2.56. The summed E-state index contributed by atoms with van der Waals surface area (Å²) >= 11 is 5.91. The molecule has 2 nitrogen and oxygen atoms in total. The predicted molar refractivity (Wildman–Crippen MR) is 64.7 cm³/mol. The molecule has 4 heteroatoms. The Morgan fingerprint density at radius 1 is 1.50 bits per heavy atom. The van der Waals surface area contributed by atoms with Crippen molar-refractivity contribution in [3.63, 3.8) is 0 Å². The smallest absolute Gasteiger partial charge is 0.137 e. The lowest BCUT2D eigenvalue weighted by atomic mass is 10.2. The second kappa shape index (κ2) is 3.71. The number of ether oxygens (including phenoxy) is 1. The fourth-order valence-corrected chi connectivity index (χ4v) is 2.62. The van der Waals surface area contributed by atoms with Crippen molar-refractivity contribution in [1.29, 1.82) is 0 Å². The summed E-state index contributed by atoms with van der Waals surface area (Å²) in [6.45, 7) is 2.64. The van der Waals surface area contributed by atoms with Gasteiger partial charge < -0.3 is 10.5 Å². The summed E-state index contributed by atoms with van der Waals surface area (Å²) in [5.74, 6) is 0.891. The Hall–Kier alpha value is -0.870. The highest BCUT2D eigenvalue weighted by Crippen LogP contribution is 2.38. The third-order valence-corrected chi connectivity index (χ3v) is 3.31. The maximum atomic E-state index is 5.75. The quantitative estimate of drug-likeness (QED) is 0.770. The van der Waals surface area contributed by atoms with Crippen molar-refractivity contribution in [2.45, 2.75) is 11.8 Å². The molecule has 0 unspecified atom stereocenters. The molecule has 0 saturated carbocycles. The summed E-state index contributed by atoms with van der Waals surface area (Å²) in [5, 5.41) is 1.87. The molecular weight excluding hydrogens is 214 g/mol. The number of hydrogen-bond acceptors (Lipinski definition) is 4. The van der Waals surface area contributed by atoms with Crippen LogP contribution in [-0.2, 0) is 0 Å². The molecule has 0 radical (unpaired) electrons. The molecule has 2 aromatic rings. The first kappa shape index (κ1) is 9.68. The van der Waals surface area contributed by atoms with Crippen molar-refractivity contribution in [1.82, 2.24) is 0 Å². The van der Waals surface area contributed by atoms with Crippen LogP contribution in [0.25, 0.3) is 10.1 Å². The van der Waals surface area contributed by atoms with Gasteiger partial charge in [-0.25, -0.2) is 0 Å². The molecule has 74 valence electrons. The molecule has 0 bridgehead atoms. The monoisotopic (exact) mass is 225 g/mol. The van der Waals surface area contributed by atoms with E-state index in [4.69, 9.17) is 10.5 Å². The number of fused-ring (bicyclic) bond motifs is 1. The summed E-state index contributed by atoms with van der Waals surface area (Å²) in [7, 11) is 0. The van der Waals surface area contributed by atoms with Crippen molar-refractivity contribution in [2.24, 2.45) is 0 Å². The van der Waals surface area contributed by atoms with Crippen LogP contribution in [0.2, 0.25) is 0 Å². The normalized spacial score (nSPS) is 10.7. The molecule has 2 N–H and O–H groups in total. The topological polar surface area (TPSA) is 35.2 Å². The van der Waals surface area contributed by atoms with Gasteiger partial charge in [-0.15, -0.1) is 24.0 Å². The van der Waals surface area contributed by atoms with Crippen LogP contribution in [-0.4, -0.2) is 6.61 Å². The van der Waals surface area contributed by atoms with Crippen molar-refractivity contribution >= 4 is 39.1 Å². The third-order valence-electron chi connectivity index (χ3n) is 1.94. The van der Waals surface area contributed by atoms with Gasteiger partial charge in [0.15, 0.2) is 0 Å². The van der Waals surface area contributed by atoms with Gasteiger partial charge >= 0.3 is 0 Å². The van der Waals surface area contributed by atoms with Crippen molar-refractivity contribution in [2.75, 3.05) is 12.3 Å². The molecule has 0 aliphatic rings. The Bertz CT molecular complexity index is 464. The van der Waals surface area contributed by atoms with Crippen molar-refractivity contribution in [3.05, 3.63) is 18.2 Å². The minimum atomic E-state index is 0.665. The van der Waals surface area contributed by atoms with Crippen LogP contribution in [0.5, 0.6) is 5.75 Å². The average Bonchev–Trinajstić information content (AvgIpc) is 2.53. The number of anilines is 1. The average molecular weight is 225 g/mol. The molecule has 0 aliphatic carbocycles. The van der Waals surface area contributed by atoms with Crippen LogP contribution in [0.4, 0.5) is 5.00 Å². The Morgan fingerprint density at radius 2 is 2.29 bits per heavy atom. The molecule has 0 fully saturated rings. The van der Waals surface area contributed by atoms with E-state index in [1.54, 1.807) is 0 Å². The summed E-state index contributed by atoms with van der Waals surface area (Å²) in [6, 6.07) is 5.80. The highest BCUT2D eigenvalue weighted by atomic mass is 32.1. The van der Waals surface area contributed by atoms with E-state index in [1.165, 1.54) is 11.3 Å². The predicted octanol–water partition coefficient (Wildman–Crippen LogP) is 3.17. The molecule has 1 aromatic heterocycles. The first-order valence-electron chi connectivity index (χ1n) is 4.36. The fraction of sp³-hybridized carbons (Fsp3) is 0.200. The molecule has 0 aliphatic heterocycles. The largest absolute Gasteiger partial charge is 0.492 e. The number of benzene rings is 1. The highest BCUT2D eigenvalue weighted by molar-refractivity contribution is 7.80. The van der Waals surface area contributed by atoms with Crippen LogP contribution in [0, 0.1) is 0 Å². The van der Waals surface area contributed by atoms with Crippen LogP contribution < -0.4 is 10.5 Å². The molecule has 0 saturated heterocycles. The van der Waals surface area contributed by atoms with E-state index in [0.29, 0.717) is 6.61 Å². The zero-order valence-electron chi connectivity index (χ0n) is 7.78. The van der Waals surface area contributed by atoms with Gasteiger partial charge in [0.05, 0.1) is 16.3 Å². The molecule has 14 heavy (non-hydrogen) atoms. The Labute approximate surface area is 92.1 Å². The zero-order chi connectivity index (χ0) is 10.1. The number of nitrogen functional groups attached to an aromatic ring is 1. The molecule has 1 aromatic carbocycles. The molecule has 0 amide bonds. The van der Waals surface area contributed by atoms with E-state index in [-0.39, 0.29) is 0 Å². The second-order valence-electron chi connectivity index (χ2n) is 2.91. The first-order valence-corrected chi connectivity index (χ1v) is 5.62. The molecule has 0 atom stereocenters. The number of hydrogen-bond donors (Lipinski definition) is 2. The van der Waals surface area contributed by atoms with E-state index < -0.39 is 0 Å².